The van der Waals surface area contributed by atoms with Gasteiger partial charge in [-0.3, -0.25) is 0 Å². The third kappa shape index (κ3) is 137. The predicted octanol–water partition coefficient (Wildman–Crippen LogP) is -5.76. The fourth-order valence-corrected chi connectivity index (χ4v) is 0. The molecule has 54 valence electrons. The second kappa shape index (κ2) is 17.7. The third-order valence-corrected chi connectivity index (χ3v) is 0. The van der Waals surface area contributed by atoms with Crippen molar-refractivity contribution in [3.05, 3.63) is 0 Å². The van der Waals surface area contributed by atoms with Crippen LogP contribution >= 0.6 is 0 Å². The quantitative estimate of drug-likeness (QED) is 0.410. The van der Waals surface area contributed by atoms with E-state index in [-0.39, 0.29) is 68.5 Å². The fourth-order valence-electron chi connectivity index (χ4n) is 0. The van der Waals surface area contributed by atoms with Crippen LogP contribution in [0.4, 0.5) is 0 Å². The van der Waals surface area contributed by atoms with Crippen LogP contribution in [0, 0.1) is 0 Å². The van der Waals surface area contributed by atoms with Crippen LogP contribution in [0.2, 0.25) is 0 Å². The molecule has 0 aromatic rings. The number of rotatable bonds is 0. The van der Waals surface area contributed by atoms with Gasteiger partial charge in [0.1, 0.15) is 0 Å². The molecule has 0 atom stereocenters. The first kappa shape index (κ1) is 23.0. The molecule has 0 saturated carbocycles. The molecule has 0 saturated heterocycles. The van der Waals surface area contributed by atoms with E-state index >= 15 is 0 Å². The summed E-state index contributed by atoms with van der Waals surface area (Å²) in [6.07, 6.45) is 0. The standard InChI is InChI=1S/Mg.2Mn.6O.Sr/q+2;;;;;4*-1;+2. The molecule has 0 N–H and O–H groups in total. The first-order chi connectivity index (χ1) is 3.46. The summed E-state index contributed by atoms with van der Waals surface area (Å²) in [4.78, 5) is 0. The molecular formula is MgMn2O6Sr. The minimum Gasteiger partial charge on any atom is 2.00 e. The summed E-state index contributed by atoms with van der Waals surface area (Å²) in [7, 11) is 0. The second-order valence-corrected chi connectivity index (χ2v) is 1.56. The zero-order valence-electron chi connectivity index (χ0n) is 4.62. The maximum Gasteiger partial charge on any atom is 2.00 e. The van der Waals surface area contributed by atoms with Crippen molar-refractivity contribution in [3.63, 3.8) is 0 Å². The van der Waals surface area contributed by atoms with E-state index in [1.807, 2.05) is 0 Å². The molecule has 0 aromatic heterocycles. The van der Waals surface area contributed by atoms with Crippen molar-refractivity contribution in [2.24, 2.45) is 0 Å². The average molecular weight is 318 g/mol. The van der Waals surface area contributed by atoms with Gasteiger partial charge >= 0.3 is 122 Å². The molecular weight excluding hydrogens is 318 g/mol. The zero-order chi connectivity index (χ0) is 7.15. The topological polar surface area (TPSA) is 126 Å². The molecule has 10 heteroatoms. The molecule has 10 heavy (non-hydrogen) atoms. The van der Waals surface area contributed by atoms with Gasteiger partial charge in [-0.15, -0.1) is 0 Å². The Kier molecular flexibility index (Phi) is 40.7. The van der Waals surface area contributed by atoms with Crippen molar-refractivity contribution >= 4 is 68.5 Å². The summed E-state index contributed by atoms with van der Waals surface area (Å²) in [5, 5.41) is 0. The van der Waals surface area contributed by atoms with Gasteiger partial charge in [0.2, 0.25) is 0 Å². The summed E-state index contributed by atoms with van der Waals surface area (Å²) in [5.41, 5.74) is 0. The van der Waals surface area contributed by atoms with Crippen molar-refractivity contribution in [1.82, 2.24) is 0 Å². The fraction of sp³-hybridized carbons (Fsp3) is 0. The molecule has 0 heterocycles. The van der Waals surface area contributed by atoms with Gasteiger partial charge in [0.05, 0.1) is 0 Å². The van der Waals surface area contributed by atoms with E-state index in [4.69, 9.17) is 24.4 Å². The molecule has 0 aliphatic heterocycles. The molecule has 0 spiro atoms. The molecule has 0 aromatic carbocycles. The molecule has 0 fully saturated rings. The molecule has 0 rings (SSSR count). The monoisotopic (exact) mass is 318 g/mol. The minimum absolute atomic E-state index is 0. The Balaban J connectivity index is -0.0000000300. The van der Waals surface area contributed by atoms with E-state index in [1.54, 1.807) is 0 Å². The van der Waals surface area contributed by atoms with Gasteiger partial charge in [-0.25, -0.2) is 0 Å². The SMILES string of the molecule is [Mg+2].[O]=[Mn]([O-])[O-].[O]=[Mn]([O-])[O-].[Sr+2]. The van der Waals surface area contributed by atoms with Crippen LogP contribution in [0.5, 0.6) is 0 Å². The maximum absolute atomic E-state index is 8.52. The molecule has 0 bridgehead atoms. The molecule has 0 unspecified atom stereocenters. The van der Waals surface area contributed by atoms with Gasteiger partial charge in [0.15, 0.2) is 0 Å². The van der Waals surface area contributed by atoms with Gasteiger partial charge in [-0.1, -0.05) is 0 Å². The van der Waals surface area contributed by atoms with Gasteiger partial charge in [0, 0.05) is 0 Å². The third-order valence-electron chi connectivity index (χ3n) is 0. The largest absolute Gasteiger partial charge is 2.00 e. The Labute approximate surface area is 120 Å². The Morgan fingerprint density at radius 3 is 0.800 bits per heavy atom. The summed E-state index contributed by atoms with van der Waals surface area (Å²) in [5.74, 6) is 0. The zero-order valence-corrected chi connectivity index (χ0v) is 11.9. The van der Waals surface area contributed by atoms with Gasteiger partial charge in [0.25, 0.3) is 0 Å². The van der Waals surface area contributed by atoms with Crippen LogP contribution in [0.25, 0.3) is 0 Å². The summed E-state index contributed by atoms with van der Waals surface area (Å²) in [6.45, 7) is 0. The van der Waals surface area contributed by atoms with Crippen molar-refractivity contribution in [1.29, 1.82) is 0 Å². The average Bonchev–Trinajstić information content (AvgIpc) is 1.25. The normalized spacial score (nSPS) is 7.00. The van der Waals surface area contributed by atoms with E-state index in [1.165, 1.54) is 0 Å². The summed E-state index contributed by atoms with van der Waals surface area (Å²) >= 11 is -7.29. The minimum atomic E-state index is -3.65. The van der Waals surface area contributed by atoms with Crippen LogP contribution < -0.4 is 16.8 Å². The molecule has 0 aliphatic carbocycles. The molecule has 0 radical (unpaired) electrons. The van der Waals surface area contributed by atoms with Crippen LogP contribution in [-0.2, 0) is 36.7 Å². The number of hydrogen-bond acceptors (Lipinski definition) is 6. The maximum atomic E-state index is 8.52. The summed E-state index contributed by atoms with van der Waals surface area (Å²) < 4.78 is 51.1. The molecule has 0 amide bonds. The van der Waals surface area contributed by atoms with E-state index in [9.17, 15) is 0 Å². The number of hydrogen-bond donors (Lipinski definition) is 0. The van der Waals surface area contributed by atoms with Gasteiger partial charge < -0.3 is 0 Å². The Morgan fingerprint density at radius 1 is 0.800 bits per heavy atom. The van der Waals surface area contributed by atoms with Crippen LogP contribution in [0.15, 0.2) is 0 Å². The van der Waals surface area contributed by atoms with Crippen molar-refractivity contribution in [3.8, 4) is 0 Å². The second-order valence-electron chi connectivity index (χ2n) is 0.378. The Morgan fingerprint density at radius 2 is 0.800 bits per heavy atom. The van der Waals surface area contributed by atoms with Crippen LogP contribution in [0.1, 0.15) is 0 Å². The van der Waals surface area contributed by atoms with E-state index in [2.05, 4.69) is 0 Å². The smallest absolute Gasteiger partial charge is 2.00 e. The molecule has 0 aliphatic rings. The first-order valence-corrected chi connectivity index (χ1v) is 3.82. The van der Waals surface area contributed by atoms with Crippen LogP contribution in [0.3, 0.4) is 0 Å². The van der Waals surface area contributed by atoms with Crippen LogP contribution in [-0.4, -0.2) is 68.5 Å². The van der Waals surface area contributed by atoms with Crippen molar-refractivity contribution < 1.29 is 53.4 Å². The Bertz CT molecular complexity index is 73.7. The van der Waals surface area contributed by atoms with Gasteiger partial charge in [-0.2, -0.15) is 0 Å². The predicted molar refractivity (Wildman–Crippen MR) is 12.9 cm³/mol. The van der Waals surface area contributed by atoms with Crippen molar-refractivity contribution in [2.45, 2.75) is 0 Å². The van der Waals surface area contributed by atoms with Gasteiger partial charge in [-0.05, 0) is 0 Å². The van der Waals surface area contributed by atoms with E-state index in [0.29, 0.717) is 0 Å². The van der Waals surface area contributed by atoms with E-state index in [0.717, 1.165) is 0 Å². The molecule has 6 nitrogen and oxygen atoms in total. The van der Waals surface area contributed by atoms with Crippen molar-refractivity contribution in [2.75, 3.05) is 0 Å². The first-order valence-electron chi connectivity index (χ1n) is 0.926. The van der Waals surface area contributed by atoms with E-state index < -0.39 is 29.0 Å². The summed E-state index contributed by atoms with van der Waals surface area (Å²) in [6, 6.07) is 0. The Hall–Kier alpha value is 2.73.